The largest absolute Gasteiger partial charge is 0.444 e. The van der Waals surface area contributed by atoms with Crippen LogP contribution in [0.15, 0.2) is 48.3 Å². The summed E-state index contributed by atoms with van der Waals surface area (Å²) in [5, 5.41) is 5.21. The van der Waals surface area contributed by atoms with E-state index in [1.54, 1.807) is 18.3 Å². The molecule has 190 valence electrons. The van der Waals surface area contributed by atoms with Gasteiger partial charge in [0.1, 0.15) is 11.3 Å². The quantitative estimate of drug-likeness (QED) is 0.469. The average molecular weight is 493 g/mol. The van der Waals surface area contributed by atoms with Crippen LogP contribution < -0.4 is 15.5 Å². The first-order chi connectivity index (χ1) is 17.2. The molecular weight excluding hydrogens is 460 g/mol. The topological polar surface area (TPSA) is 117 Å². The van der Waals surface area contributed by atoms with E-state index in [0.29, 0.717) is 24.1 Å². The number of amides is 4. The summed E-state index contributed by atoms with van der Waals surface area (Å²) in [4.78, 5) is 49.3. The number of carbonyl (C=O) groups excluding carboxylic acids is 3. The Labute approximate surface area is 210 Å². The fourth-order valence-electron chi connectivity index (χ4n) is 4.14. The molecule has 0 atom stereocenters. The molecular formula is C26H32N6O4. The van der Waals surface area contributed by atoms with Crippen molar-refractivity contribution in [1.82, 2.24) is 25.5 Å². The van der Waals surface area contributed by atoms with Crippen molar-refractivity contribution in [2.24, 2.45) is 5.92 Å². The molecule has 1 aromatic heterocycles. The lowest BCUT2D eigenvalue weighted by molar-refractivity contribution is -0.116. The number of nitrogens with zero attached hydrogens (tertiary/aromatic N) is 4. The maximum atomic E-state index is 12.5. The molecule has 10 heteroatoms. The van der Waals surface area contributed by atoms with Crippen molar-refractivity contribution < 1.29 is 19.1 Å². The number of hydrogen-bond acceptors (Lipinski definition) is 7. The second kappa shape index (κ2) is 10.8. The molecule has 0 saturated carbocycles. The summed E-state index contributed by atoms with van der Waals surface area (Å²) >= 11 is 0. The van der Waals surface area contributed by atoms with Crippen LogP contribution in [0.1, 0.15) is 44.9 Å². The lowest BCUT2D eigenvalue weighted by Gasteiger charge is -2.32. The number of nitrogens with one attached hydrogen (secondary N) is 2. The fourth-order valence-corrected chi connectivity index (χ4v) is 4.14. The Bertz CT molecular complexity index is 1140. The molecule has 4 rings (SSSR count). The number of benzene rings is 1. The van der Waals surface area contributed by atoms with E-state index in [0.717, 1.165) is 31.5 Å². The highest BCUT2D eigenvalue weighted by molar-refractivity contribution is 6.13. The molecule has 0 spiro atoms. The van der Waals surface area contributed by atoms with E-state index in [-0.39, 0.29) is 12.2 Å². The molecule has 2 aromatic rings. The molecule has 3 heterocycles. The molecule has 0 radical (unpaired) electrons. The van der Waals surface area contributed by atoms with Crippen LogP contribution >= 0.6 is 0 Å². The van der Waals surface area contributed by atoms with E-state index in [2.05, 4.69) is 25.5 Å². The highest BCUT2D eigenvalue weighted by atomic mass is 16.6. The molecule has 36 heavy (non-hydrogen) atoms. The summed E-state index contributed by atoms with van der Waals surface area (Å²) in [7, 11) is 0. The molecule has 10 nitrogen and oxygen atoms in total. The van der Waals surface area contributed by atoms with Crippen molar-refractivity contribution in [2.75, 3.05) is 24.5 Å². The van der Waals surface area contributed by atoms with Crippen molar-refractivity contribution in [3.8, 4) is 0 Å². The highest BCUT2D eigenvalue weighted by Gasteiger charge is 2.33. The Morgan fingerprint density at radius 2 is 1.89 bits per heavy atom. The van der Waals surface area contributed by atoms with Gasteiger partial charge in [-0.3, -0.25) is 15.0 Å². The Kier molecular flexibility index (Phi) is 7.52. The Morgan fingerprint density at radius 1 is 1.17 bits per heavy atom. The minimum Gasteiger partial charge on any atom is -0.444 e. The molecule has 1 aromatic carbocycles. The number of hydrogen-bond donors (Lipinski definition) is 2. The first-order valence-corrected chi connectivity index (χ1v) is 12.1. The first kappa shape index (κ1) is 25.2. The minimum atomic E-state index is -0.518. The number of urea groups is 1. The molecule has 0 bridgehead atoms. The summed E-state index contributed by atoms with van der Waals surface area (Å²) < 4.78 is 5.30. The molecule has 0 aliphatic carbocycles. The van der Waals surface area contributed by atoms with Crippen LogP contribution in [0.3, 0.4) is 0 Å². The van der Waals surface area contributed by atoms with E-state index in [4.69, 9.17) is 4.74 Å². The van der Waals surface area contributed by atoms with E-state index in [1.165, 1.54) is 4.90 Å². The molecule has 4 amide bonds. The summed E-state index contributed by atoms with van der Waals surface area (Å²) in [6, 6.07) is 10.8. The first-order valence-electron chi connectivity index (χ1n) is 12.1. The summed E-state index contributed by atoms with van der Waals surface area (Å²) in [6.45, 7) is 7.87. The van der Waals surface area contributed by atoms with Crippen molar-refractivity contribution in [3.05, 3.63) is 59.5 Å². The standard InChI is InChI=1S/C26H32N6O4/c1-26(2,3)36-25(35)28-16-18-10-13-31(14-11-18)23-27-12-9-20(29-23)15-21-22(33)30-24(34)32(21)17-19-7-5-4-6-8-19/h4-9,12,15,18H,10-11,13-14,16-17H2,1-3H3,(H,28,35)(H,30,33,34)/b21-15-. The number of imide groups is 1. The molecule has 2 aliphatic heterocycles. The van der Waals surface area contributed by atoms with Crippen LogP contribution in [0.4, 0.5) is 15.5 Å². The summed E-state index contributed by atoms with van der Waals surface area (Å²) in [5.41, 5.74) is 1.20. The van der Waals surface area contributed by atoms with Gasteiger partial charge in [0, 0.05) is 25.8 Å². The summed E-state index contributed by atoms with van der Waals surface area (Å²) in [6.07, 6.45) is 4.63. The van der Waals surface area contributed by atoms with Gasteiger partial charge in [-0.1, -0.05) is 30.3 Å². The Hall–Kier alpha value is -3.95. The van der Waals surface area contributed by atoms with Gasteiger partial charge in [-0.05, 0) is 57.2 Å². The number of anilines is 1. The smallest absolute Gasteiger partial charge is 0.407 e. The number of carbonyl (C=O) groups is 3. The van der Waals surface area contributed by atoms with Crippen molar-refractivity contribution in [2.45, 2.75) is 45.8 Å². The van der Waals surface area contributed by atoms with Crippen molar-refractivity contribution in [3.63, 3.8) is 0 Å². The number of piperidine rings is 1. The number of ether oxygens (including phenoxy) is 1. The van der Waals surface area contributed by atoms with Crippen LogP contribution in [-0.2, 0) is 16.1 Å². The third-order valence-corrected chi connectivity index (χ3v) is 5.95. The number of aromatic nitrogens is 2. The molecule has 2 aliphatic rings. The normalized spacial score (nSPS) is 17.9. The SMILES string of the molecule is CC(C)(C)OC(=O)NCC1CCN(c2nccc(/C=C3/C(=O)NC(=O)N3Cc3ccccc3)n2)CC1. The zero-order valence-electron chi connectivity index (χ0n) is 20.9. The zero-order valence-corrected chi connectivity index (χ0v) is 20.9. The average Bonchev–Trinajstić information content (AvgIpc) is 3.10. The van der Waals surface area contributed by atoms with Crippen LogP contribution in [0.5, 0.6) is 0 Å². The number of rotatable bonds is 6. The second-order valence-corrected chi connectivity index (χ2v) is 9.96. The van der Waals surface area contributed by atoms with Crippen LogP contribution in [0.25, 0.3) is 6.08 Å². The van der Waals surface area contributed by atoms with E-state index in [1.807, 2.05) is 51.1 Å². The van der Waals surface area contributed by atoms with E-state index < -0.39 is 23.6 Å². The Morgan fingerprint density at radius 3 is 2.58 bits per heavy atom. The third-order valence-electron chi connectivity index (χ3n) is 5.95. The van der Waals surface area contributed by atoms with Crippen molar-refractivity contribution >= 4 is 30.1 Å². The van der Waals surface area contributed by atoms with Gasteiger partial charge in [-0.2, -0.15) is 0 Å². The molecule has 2 fully saturated rings. The Balaban J connectivity index is 1.38. The lowest BCUT2D eigenvalue weighted by Crippen LogP contribution is -2.40. The minimum absolute atomic E-state index is 0.250. The van der Waals surface area contributed by atoms with Gasteiger partial charge in [0.15, 0.2) is 0 Å². The molecule has 2 saturated heterocycles. The van der Waals surface area contributed by atoms with Crippen molar-refractivity contribution in [1.29, 1.82) is 0 Å². The summed E-state index contributed by atoms with van der Waals surface area (Å²) in [5.74, 6) is 0.468. The van der Waals surface area contributed by atoms with Crippen LogP contribution in [0.2, 0.25) is 0 Å². The van der Waals surface area contributed by atoms with Gasteiger partial charge >= 0.3 is 12.1 Å². The van der Waals surface area contributed by atoms with Gasteiger partial charge in [0.2, 0.25) is 5.95 Å². The van der Waals surface area contributed by atoms with Crippen LogP contribution in [-0.4, -0.2) is 58.1 Å². The fraction of sp³-hybridized carbons (Fsp3) is 0.423. The van der Waals surface area contributed by atoms with Gasteiger partial charge < -0.3 is 15.0 Å². The van der Waals surface area contributed by atoms with Gasteiger partial charge in [0.25, 0.3) is 5.91 Å². The third kappa shape index (κ3) is 6.59. The highest BCUT2D eigenvalue weighted by Crippen LogP contribution is 2.23. The number of alkyl carbamates (subject to hydrolysis) is 1. The molecule has 2 N–H and O–H groups in total. The lowest BCUT2D eigenvalue weighted by atomic mass is 9.97. The predicted octanol–water partition coefficient (Wildman–Crippen LogP) is 3.31. The van der Waals surface area contributed by atoms with Crippen LogP contribution in [0, 0.1) is 5.92 Å². The maximum Gasteiger partial charge on any atom is 0.407 e. The predicted molar refractivity (Wildman–Crippen MR) is 135 cm³/mol. The van der Waals surface area contributed by atoms with Gasteiger partial charge in [-0.25, -0.2) is 19.6 Å². The second-order valence-electron chi connectivity index (χ2n) is 9.96. The van der Waals surface area contributed by atoms with Gasteiger partial charge in [-0.15, -0.1) is 0 Å². The molecule has 0 unspecified atom stereocenters. The maximum absolute atomic E-state index is 12.5. The zero-order chi connectivity index (χ0) is 25.7. The monoisotopic (exact) mass is 492 g/mol. The van der Waals surface area contributed by atoms with E-state index in [9.17, 15) is 14.4 Å². The van der Waals surface area contributed by atoms with E-state index >= 15 is 0 Å². The van der Waals surface area contributed by atoms with Gasteiger partial charge in [0.05, 0.1) is 12.2 Å².